The Labute approximate surface area is 70.5 Å². The first-order valence-corrected chi connectivity index (χ1v) is 3.66. The minimum Gasteiger partial charge on any atom is -0.456 e. The van der Waals surface area contributed by atoms with Gasteiger partial charge in [0, 0.05) is 5.16 Å². The van der Waals surface area contributed by atoms with Crippen molar-refractivity contribution in [3.05, 3.63) is 11.4 Å². The molecule has 0 amide bonds. The number of hydrogen-bond donors (Lipinski definition) is 0. The minimum absolute atomic E-state index is 0.0181. The summed E-state index contributed by atoms with van der Waals surface area (Å²) in [5.41, 5.74) is 0.0181. The van der Waals surface area contributed by atoms with Crippen molar-refractivity contribution in [2.24, 2.45) is 5.41 Å². The topological polar surface area (TPSA) is 62.2 Å². The second-order valence-electron chi connectivity index (χ2n) is 3.76. The van der Waals surface area contributed by atoms with Crippen LogP contribution in [0.5, 0.6) is 5.88 Å². The van der Waals surface area contributed by atoms with Gasteiger partial charge < -0.3 is 9.94 Å². The van der Waals surface area contributed by atoms with Crippen LogP contribution in [0.4, 0.5) is 0 Å². The average Bonchev–Trinajstić information content (AvgIpc) is 2.29. The second kappa shape index (κ2) is 3.00. The van der Waals surface area contributed by atoms with Crippen molar-refractivity contribution in [2.75, 3.05) is 6.61 Å². The first kappa shape index (κ1) is 8.83. The molecule has 0 bridgehead atoms. The van der Waals surface area contributed by atoms with Crippen molar-refractivity contribution in [2.45, 2.75) is 20.8 Å². The monoisotopic (exact) mass is 172 g/mol. The van der Waals surface area contributed by atoms with Crippen LogP contribution in [0.25, 0.3) is 0 Å². The zero-order valence-corrected chi connectivity index (χ0v) is 7.40. The third-order valence-electron chi connectivity index (χ3n) is 1.12. The van der Waals surface area contributed by atoms with Crippen LogP contribution in [-0.2, 0) is 0 Å². The number of hydrogen-bond acceptors (Lipinski definition) is 4. The zero-order chi connectivity index (χ0) is 9.19. The van der Waals surface area contributed by atoms with E-state index >= 15 is 0 Å². The first-order chi connectivity index (χ1) is 5.49. The summed E-state index contributed by atoms with van der Waals surface area (Å²) in [4.78, 5) is 0.242. The molecule has 0 aliphatic rings. The van der Waals surface area contributed by atoms with Gasteiger partial charge >= 0.3 is 5.88 Å². The van der Waals surface area contributed by atoms with Crippen LogP contribution in [0.3, 0.4) is 0 Å². The van der Waals surface area contributed by atoms with Crippen molar-refractivity contribution >= 4 is 0 Å². The standard InChI is InChI=1S/C7H12N2O3/c1-7(2,3)5-11-6-4-8-12-9(6)10/h4H,5H2,1-3H3. The summed E-state index contributed by atoms with van der Waals surface area (Å²) in [5, 5.41) is 14.0. The number of aromatic nitrogens is 2. The van der Waals surface area contributed by atoms with Gasteiger partial charge in [0.25, 0.3) is 6.20 Å². The Morgan fingerprint density at radius 2 is 2.33 bits per heavy atom. The van der Waals surface area contributed by atoms with E-state index in [4.69, 9.17) is 4.74 Å². The van der Waals surface area contributed by atoms with Crippen LogP contribution in [0.15, 0.2) is 10.8 Å². The van der Waals surface area contributed by atoms with E-state index in [1.807, 2.05) is 20.8 Å². The highest BCUT2D eigenvalue weighted by atomic mass is 16.8. The molecule has 1 aromatic rings. The largest absolute Gasteiger partial charge is 0.456 e. The van der Waals surface area contributed by atoms with Crippen LogP contribution in [0.1, 0.15) is 20.8 Å². The van der Waals surface area contributed by atoms with Gasteiger partial charge in [-0.05, 0) is 10.3 Å². The SMILES string of the molecule is CC(C)(C)COc1cno[n+]1[O-]. The predicted octanol–water partition coefficient (Wildman–Crippen LogP) is 0.733. The van der Waals surface area contributed by atoms with E-state index in [0.717, 1.165) is 0 Å². The van der Waals surface area contributed by atoms with Gasteiger partial charge in [0.2, 0.25) is 0 Å². The van der Waals surface area contributed by atoms with E-state index in [0.29, 0.717) is 6.61 Å². The molecule has 12 heavy (non-hydrogen) atoms. The smallest absolute Gasteiger partial charge is 0.372 e. The van der Waals surface area contributed by atoms with Crippen molar-refractivity contribution in [3.63, 3.8) is 0 Å². The molecule has 0 aliphatic heterocycles. The minimum atomic E-state index is 0.0181. The fourth-order valence-corrected chi connectivity index (χ4v) is 0.579. The molecule has 1 aromatic heterocycles. The highest BCUT2D eigenvalue weighted by molar-refractivity contribution is 4.90. The predicted molar refractivity (Wildman–Crippen MR) is 40.4 cm³/mol. The van der Waals surface area contributed by atoms with Gasteiger partial charge in [-0.2, -0.15) is 0 Å². The maximum Gasteiger partial charge on any atom is 0.372 e. The molecule has 1 heterocycles. The Hall–Kier alpha value is -1.26. The van der Waals surface area contributed by atoms with Crippen LogP contribution in [0, 0.1) is 10.6 Å². The fraction of sp³-hybridized carbons (Fsp3) is 0.714. The molecule has 0 aliphatic carbocycles. The summed E-state index contributed by atoms with van der Waals surface area (Å²) in [6, 6.07) is 0. The van der Waals surface area contributed by atoms with Crippen LogP contribution in [-0.4, -0.2) is 11.8 Å². The van der Waals surface area contributed by atoms with E-state index in [9.17, 15) is 5.21 Å². The molecule has 0 N–H and O–H groups in total. The van der Waals surface area contributed by atoms with Crippen LogP contribution < -0.4 is 9.64 Å². The van der Waals surface area contributed by atoms with E-state index in [2.05, 4.69) is 9.79 Å². The average molecular weight is 172 g/mol. The van der Waals surface area contributed by atoms with Crippen LogP contribution in [0.2, 0.25) is 0 Å². The lowest BCUT2D eigenvalue weighted by molar-refractivity contribution is -0.805. The lowest BCUT2D eigenvalue weighted by Gasteiger charge is -2.16. The van der Waals surface area contributed by atoms with Crippen LogP contribution >= 0.6 is 0 Å². The third kappa shape index (κ3) is 2.41. The molecule has 0 saturated carbocycles. The van der Waals surface area contributed by atoms with E-state index in [1.54, 1.807) is 0 Å². The summed E-state index contributed by atoms with van der Waals surface area (Å²) in [5.74, 6) is 0.102. The van der Waals surface area contributed by atoms with Gasteiger partial charge in [-0.1, -0.05) is 20.8 Å². The Morgan fingerprint density at radius 1 is 1.67 bits per heavy atom. The van der Waals surface area contributed by atoms with Gasteiger partial charge in [-0.25, -0.2) is 0 Å². The van der Waals surface area contributed by atoms with Gasteiger partial charge in [0.05, 0.1) is 6.61 Å². The van der Waals surface area contributed by atoms with E-state index < -0.39 is 0 Å². The van der Waals surface area contributed by atoms with Crippen molar-refractivity contribution in [1.29, 1.82) is 0 Å². The number of rotatable bonds is 2. The molecule has 0 saturated heterocycles. The molecule has 0 radical (unpaired) electrons. The van der Waals surface area contributed by atoms with Crippen molar-refractivity contribution < 1.29 is 14.3 Å². The normalized spacial score (nSPS) is 11.6. The van der Waals surface area contributed by atoms with Gasteiger partial charge in [-0.3, -0.25) is 4.63 Å². The Balaban J connectivity index is 2.49. The summed E-state index contributed by atoms with van der Waals surface area (Å²) in [6.45, 7) is 6.48. The van der Waals surface area contributed by atoms with E-state index in [-0.39, 0.29) is 16.2 Å². The lowest BCUT2D eigenvalue weighted by atomic mass is 9.99. The molecule has 68 valence electrons. The van der Waals surface area contributed by atoms with Gasteiger partial charge in [-0.15, -0.1) is 0 Å². The molecule has 0 aromatic carbocycles. The van der Waals surface area contributed by atoms with Gasteiger partial charge in [0.1, 0.15) is 0 Å². The second-order valence-corrected chi connectivity index (χ2v) is 3.76. The maximum atomic E-state index is 10.7. The molecule has 5 nitrogen and oxygen atoms in total. The van der Waals surface area contributed by atoms with Crippen molar-refractivity contribution in [1.82, 2.24) is 5.16 Å². The summed E-state index contributed by atoms with van der Waals surface area (Å²) < 4.78 is 9.35. The Bertz CT molecular complexity index is 251. The number of ether oxygens (including phenoxy) is 1. The Kier molecular flexibility index (Phi) is 2.21. The quantitative estimate of drug-likeness (QED) is 0.617. The Morgan fingerprint density at radius 3 is 2.75 bits per heavy atom. The number of nitrogens with zero attached hydrogens (tertiary/aromatic N) is 2. The zero-order valence-electron chi connectivity index (χ0n) is 7.40. The summed E-state index contributed by atoms with van der Waals surface area (Å²) in [6.07, 6.45) is 1.25. The molecule has 0 fully saturated rings. The van der Waals surface area contributed by atoms with Crippen molar-refractivity contribution in [3.8, 4) is 5.88 Å². The fourth-order valence-electron chi connectivity index (χ4n) is 0.579. The third-order valence-corrected chi connectivity index (χ3v) is 1.12. The molecule has 5 heteroatoms. The maximum absolute atomic E-state index is 10.7. The lowest BCUT2D eigenvalue weighted by Crippen LogP contribution is -2.28. The first-order valence-electron chi connectivity index (χ1n) is 3.66. The molecule has 0 unspecified atom stereocenters. The van der Waals surface area contributed by atoms with E-state index in [1.165, 1.54) is 6.20 Å². The molecule has 1 rings (SSSR count). The molecular formula is C7H12N2O3. The molecule has 0 atom stereocenters. The molecule has 0 spiro atoms. The van der Waals surface area contributed by atoms with Gasteiger partial charge in [0.15, 0.2) is 0 Å². The molecular weight excluding hydrogens is 160 g/mol. The highest BCUT2D eigenvalue weighted by Crippen LogP contribution is 2.14. The summed E-state index contributed by atoms with van der Waals surface area (Å²) >= 11 is 0. The summed E-state index contributed by atoms with van der Waals surface area (Å²) in [7, 11) is 0. The highest BCUT2D eigenvalue weighted by Gasteiger charge is 2.15.